The number of methoxy groups -OCH3 is 2. The highest BCUT2D eigenvalue weighted by molar-refractivity contribution is 6.44. The van der Waals surface area contributed by atoms with Gasteiger partial charge in [-0.25, -0.2) is 4.79 Å². The highest BCUT2D eigenvalue weighted by atomic mass is 16.5. The molecule has 0 saturated carbocycles. The molecule has 0 aliphatic heterocycles. The minimum atomic E-state index is -0.784. The van der Waals surface area contributed by atoms with Crippen LogP contribution in [0, 0.1) is 6.92 Å². The van der Waals surface area contributed by atoms with Crippen molar-refractivity contribution in [1.82, 2.24) is 10.3 Å². The number of nitrogens with one attached hydrogen (secondary N) is 2. The lowest BCUT2D eigenvalue weighted by atomic mass is 9.97. The van der Waals surface area contributed by atoms with Gasteiger partial charge in [-0.2, -0.15) is 0 Å². The molecule has 1 aromatic carbocycles. The first-order valence-electron chi connectivity index (χ1n) is 9.53. The van der Waals surface area contributed by atoms with Crippen LogP contribution in [0.2, 0.25) is 0 Å². The SMILES string of the molecule is CCOC(=O)c1c(C)[nH]c(C(=O)C(=O)NC(C)(C)C)c1-c1ccc(OC)c(OC)c1. The zero-order valence-electron chi connectivity index (χ0n) is 18.4. The average molecular weight is 416 g/mol. The number of rotatable bonds is 7. The van der Waals surface area contributed by atoms with Crippen LogP contribution in [-0.4, -0.2) is 49.0 Å². The first-order chi connectivity index (χ1) is 14.0. The molecule has 0 spiro atoms. The van der Waals surface area contributed by atoms with Crippen molar-refractivity contribution in [3.63, 3.8) is 0 Å². The summed E-state index contributed by atoms with van der Waals surface area (Å²) in [5.74, 6) is -1.24. The number of benzene rings is 1. The molecule has 0 bridgehead atoms. The zero-order valence-corrected chi connectivity index (χ0v) is 18.4. The van der Waals surface area contributed by atoms with Gasteiger partial charge in [0.15, 0.2) is 11.5 Å². The number of amides is 1. The van der Waals surface area contributed by atoms with Gasteiger partial charge in [-0.1, -0.05) is 6.07 Å². The van der Waals surface area contributed by atoms with E-state index in [0.717, 1.165) is 0 Å². The number of H-pyrrole nitrogens is 1. The molecule has 0 unspecified atom stereocenters. The fourth-order valence-corrected chi connectivity index (χ4v) is 3.05. The summed E-state index contributed by atoms with van der Waals surface area (Å²) in [7, 11) is 2.99. The Hall–Kier alpha value is -3.29. The van der Waals surface area contributed by atoms with Crippen LogP contribution in [0.15, 0.2) is 18.2 Å². The molecule has 0 fully saturated rings. The van der Waals surface area contributed by atoms with Crippen molar-refractivity contribution < 1.29 is 28.6 Å². The van der Waals surface area contributed by atoms with Gasteiger partial charge < -0.3 is 24.5 Å². The maximum absolute atomic E-state index is 13.0. The molecular weight excluding hydrogens is 388 g/mol. The summed E-state index contributed by atoms with van der Waals surface area (Å²) in [6.45, 7) is 8.84. The molecule has 8 heteroatoms. The van der Waals surface area contributed by atoms with Crippen LogP contribution in [-0.2, 0) is 9.53 Å². The lowest BCUT2D eigenvalue weighted by molar-refractivity contribution is -0.118. The van der Waals surface area contributed by atoms with E-state index < -0.39 is 23.2 Å². The van der Waals surface area contributed by atoms with Crippen molar-refractivity contribution in [2.45, 2.75) is 40.2 Å². The quantitative estimate of drug-likeness (QED) is 0.408. The van der Waals surface area contributed by atoms with Crippen LogP contribution in [0.25, 0.3) is 11.1 Å². The Labute approximate surface area is 175 Å². The van der Waals surface area contributed by atoms with Crippen LogP contribution in [0.4, 0.5) is 0 Å². The maximum Gasteiger partial charge on any atom is 0.340 e. The van der Waals surface area contributed by atoms with Gasteiger partial charge in [-0.3, -0.25) is 9.59 Å². The number of ketones is 1. The topological polar surface area (TPSA) is 107 Å². The predicted octanol–water partition coefficient (Wildman–Crippen LogP) is 3.28. The van der Waals surface area contributed by atoms with Gasteiger partial charge >= 0.3 is 5.97 Å². The smallest absolute Gasteiger partial charge is 0.340 e. The number of aromatic amines is 1. The summed E-state index contributed by atoms with van der Waals surface area (Å²) >= 11 is 0. The molecular formula is C22H28N2O6. The van der Waals surface area contributed by atoms with E-state index in [0.29, 0.717) is 22.8 Å². The van der Waals surface area contributed by atoms with E-state index in [-0.39, 0.29) is 23.4 Å². The van der Waals surface area contributed by atoms with Gasteiger partial charge in [0.2, 0.25) is 0 Å². The number of esters is 1. The molecule has 0 aliphatic rings. The number of hydrogen-bond acceptors (Lipinski definition) is 6. The van der Waals surface area contributed by atoms with Gasteiger partial charge in [0.05, 0.1) is 26.4 Å². The van der Waals surface area contributed by atoms with Crippen LogP contribution >= 0.6 is 0 Å². The van der Waals surface area contributed by atoms with Crippen molar-refractivity contribution in [3.8, 4) is 22.6 Å². The van der Waals surface area contributed by atoms with Gasteiger partial charge in [0.25, 0.3) is 11.7 Å². The number of carbonyl (C=O) groups excluding carboxylic acids is 3. The second-order valence-electron chi connectivity index (χ2n) is 7.70. The molecule has 0 atom stereocenters. The molecule has 0 aliphatic carbocycles. The van der Waals surface area contributed by atoms with Crippen LogP contribution in [0.3, 0.4) is 0 Å². The van der Waals surface area contributed by atoms with Crippen molar-refractivity contribution in [2.24, 2.45) is 0 Å². The standard InChI is InChI=1S/C22H28N2O6/c1-8-30-21(27)16-12(2)23-18(19(25)20(26)24-22(3,4)5)17(16)13-9-10-14(28-6)15(11-13)29-7/h9-11,23H,8H2,1-7H3,(H,24,26). The minimum Gasteiger partial charge on any atom is -0.493 e. The molecule has 1 heterocycles. The lowest BCUT2D eigenvalue weighted by Crippen LogP contribution is -2.44. The van der Waals surface area contributed by atoms with Gasteiger partial charge in [0, 0.05) is 16.8 Å². The van der Waals surface area contributed by atoms with Crippen molar-refractivity contribution in [2.75, 3.05) is 20.8 Å². The molecule has 1 aromatic heterocycles. The molecule has 0 radical (unpaired) electrons. The summed E-state index contributed by atoms with van der Waals surface area (Å²) in [6, 6.07) is 4.99. The van der Waals surface area contributed by atoms with Crippen LogP contribution in [0.5, 0.6) is 11.5 Å². The number of aromatic nitrogens is 1. The second-order valence-corrected chi connectivity index (χ2v) is 7.70. The van der Waals surface area contributed by atoms with E-state index in [1.165, 1.54) is 14.2 Å². The molecule has 2 aromatic rings. The Morgan fingerprint density at radius 1 is 1.07 bits per heavy atom. The molecule has 0 saturated heterocycles. The van der Waals surface area contributed by atoms with E-state index in [1.54, 1.807) is 52.8 Å². The zero-order chi connectivity index (χ0) is 22.6. The van der Waals surface area contributed by atoms with Crippen LogP contribution < -0.4 is 14.8 Å². The van der Waals surface area contributed by atoms with E-state index in [2.05, 4.69) is 10.3 Å². The van der Waals surface area contributed by atoms with Crippen molar-refractivity contribution in [3.05, 3.63) is 35.2 Å². The summed E-state index contributed by atoms with van der Waals surface area (Å²) < 4.78 is 15.8. The molecule has 162 valence electrons. The highest BCUT2D eigenvalue weighted by Gasteiger charge is 2.31. The highest BCUT2D eigenvalue weighted by Crippen LogP contribution is 2.37. The van der Waals surface area contributed by atoms with Gasteiger partial charge in [0.1, 0.15) is 5.69 Å². The molecule has 2 N–H and O–H groups in total. The normalized spacial score (nSPS) is 11.0. The third-order valence-corrected chi connectivity index (χ3v) is 4.26. The van der Waals surface area contributed by atoms with Gasteiger partial charge in [-0.15, -0.1) is 0 Å². The summed E-state index contributed by atoms with van der Waals surface area (Å²) in [5.41, 5.74) is 0.806. The number of Topliss-reactive ketones (excluding diaryl/α,β-unsaturated/α-hetero) is 1. The third-order valence-electron chi connectivity index (χ3n) is 4.26. The minimum absolute atomic E-state index is 0.00419. The van der Waals surface area contributed by atoms with E-state index >= 15 is 0 Å². The first-order valence-corrected chi connectivity index (χ1v) is 9.53. The lowest BCUT2D eigenvalue weighted by Gasteiger charge is -2.19. The predicted molar refractivity (Wildman–Crippen MR) is 112 cm³/mol. The first kappa shape index (κ1) is 23.0. The summed E-state index contributed by atoms with van der Waals surface area (Å²) in [6.07, 6.45) is 0. The van der Waals surface area contributed by atoms with E-state index in [9.17, 15) is 14.4 Å². The van der Waals surface area contributed by atoms with Crippen molar-refractivity contribution >= 4 is 17.7 Å². The van der Waals surface area contributed by atoms with E-state index in [1.807, 2.05) is 0 Å². The van der Waals surface area contributed by atoms with Gasteiger partial charge in [-0.05, 0) is 52.3 Å². The summed E-state index contributed by atoms with van der Waals surface area (Å²) in [4.78, 5) is 41.1. The number of ether oxygens (including phenoxy) is 3. The Morgan fingerprint density at radius 2 is 1.70 bits per heavy atom. The number of carbonyl (C=O) groups is 3. The maximum atomic E-state index is 13.0. The Kier molecular flexibility index (Phi) is 6.92. The fraction of sp³-hybridized carbons (Fsp3) is 0.409. The van der Waals surface area contributed by atoms with Crippen molar-refractivity contribution in [1.29, 1.82) is 0 Å². The third kappa shape index (κ3) is 4.82. The number of aryl methyl sites for hydroxylation is 1. The molecule has 30 heavy (non-hydrogen) atoms. The average Bonchev–Trinajstić information content (AvgIpc) is 3.02. The van der Waals surface area contributed by atoms with Crippen LogP contribution in [0.1, 0.15) is 54.2 Å². The fourth-order valence-electron chi connectivity index (χ4n) is 3.05. The molecule has 2 rings (SSSR count). The largest absolute Gasteiger partial charge is 0.493 e. The summed E-state index contributed by atoms with van der Waals surface area (Å²) in [5, 5.41) is 2.65. The second kappa shape index (κ2) is 9.02. The molecule has 8 nitrogen and oxygen atoms in total. The number of hydrogen-bond donors (Lipinski definition) is 2. The Morgan fingerprint density at radius 3 is 2.23 bits per heavy atom. The Balaban J connectivity index is 2.71. The Bertz CT molecular complexity index is 969. The van der Waals surface area contributed by atoms with E-state index in [4.69, 9.17) is 14.2 Å². The monoisotopic (exact) mass is 416 g/mol. The molecule has 1 amide bonds.